The highest BCUT2D eigenvalue weighted by molar-refractivity contribution is 5.66. The number of rotatable bonds is 4. The molecule has 3 heteroatoms. The fourth-order valence-electron chi connectivity index (χ4n) is 5.13. The molecule has 1 aliphatic heterocycles. The quantitative estimate of drug-likeness (QED) is 0.556. The second kappa shape index (κ2) is 8.08. The maximum Gasteiger partial charge on any atom is 0.0702 e. The Bertz CT molecular complexity index is 933. The van der Waals surface area contributed by atoms with Crippen LogP contribution in [0, 0.1) is 5.41 Å². The van der Waals surface area contributed by atoms with E-state index in [1.807, 2.05) is 18.5 Å². The van der Waals surface area contributed by atoms with Crippen molar-refractivity contribution >= 4 is 0 Å². The summed E-state index contributed by atoms with van der Waals surface area (Å²) in [5.41, 5.74) is 6.36. The number of hydrogen-bond acceptors (Lipinski definition) is 3. The predicted octanol–water partition coefficient (Wildman–Crippen LogP) is 5.97. The summed E-state index contributed by atoms with van der Waals surface area (Å²) in [5, 5.41) is 0. The van der Waals surface area contributed by atoms with Crippen molar-refractivity contribution in [2.75, 3.05) is 13.1 Å². The molecule has 2 aromatic heterocycles. The third-order valence-corrected chi connectivity index (χ3v) is 6.95. The molecule has 3 heterocycles. The normalized spacial score (nSPS) is 18.9. The minimum absolute atomic E-state index is 0.679. The SMILES string of the molecule is c1ccc(-c2ccc(-c3ccnc(CN4CCC5(CCCC5)CC4)c3)cn2)cc1. The van der Waals surface area contributed by atoms with Crippen LogP contribution in [0.15, 0.2) is 67.0 Å². The van der Waals surface area contributed by atoms with Gasteiger partial charge in [-0.25, -0.2) is 0 Å². The van der Waals surface area contributed by atoms with Gasteiger partial charge in [-0.1, -0.05) is 49.2 Å². The van der Waals surface area contributed by atoms with E-state index in [9.17, 15) is 0 Å². The summed E-state index contributed by atoms with van der Waals surface area (Å²) in [4.78, 5) is 11.9. The summed E-state index contributed by atoms with van der Waals surface area (Å²) in [6.07, 6.45) is 12.5. The smallest absolute Gasteiger partial charge is 0.0702 e. The van der Waals surface area contributed by atoms with Crippen molar-refractivity contribution in [1.82, 2.24) is 14.9 Å². The lowest BCUT2D eigenvalue weighted by atomic mass is 9.77. The van der Waals surface area contributed by atoms with Crippen LogP contribution in [0.1, 0.15) is 44.2 Å². The molecule has 0 radical (unpaired) electrons. The summed E-state index contributed by atoms with van der Waals surface area (Å²) in [7, 11) is 0. The van der Waals surface area contributed by atoms with E-state index in [-0.39, 0.29) is 0 Å². The van der Waals surface area contributed by atoms with Gasteiger partial charge in [0.15, 0.2) is 0 Å². The molecule has 2 aliphatic rings. The van der Waals surface area contributed by atoms with Gasteiger partial charge in [0, 0.05) is 30.1 Å². The molecule has 0 bridgehead atoms. The first-order chi connectivity index (χ1) is 14.3. The number of nitrogens with zero attached hydrogens (tertiary/aromatic N) is 3. The fourth-order valence-corrected chi connectivity index (χ4v) is 5.13. The van der Waals surface area contributed by atoms with E-state index in [1.54, 1.807) is 0 Å². The average Bonchev–Trinajstić information content (AvgIpc) is 3.25. The third kappa shape index (κ3) is 4.11. The van der Waals surface area contributed by atoms with Crippen molar-refractivity contribution in [2.45, 2.75) is 45.1 Å². The largest absolute Gasteiger partial charge is 0.297 e. The van der Waals surface area contributed by atoms with Crippen LogP contribution in [0.5, 0.6) is 0 Å². The van der Waals surface area contributed by atoms with Crippen LogP contribution in [0.25, 0.3) is 22.4 Å². The lowest BCUT2D eigenvalue weighted by Crippen LogP contribution is -2.38. The van der Waals surface area contributed by atoms with Crippen molar-refractivity contribution in [3.05, 3.63) is 72.7 Å². The molecule has 5 rings (SSSR count). The molecule has 0 unspecified atom stereocenters. The molecular weight excluding hydrogens is 354 g/mol. The Morgan fingerprint density at radius 2 is 1.55 bits per heavy atom. The first-order valence-corrected chi connectivity index (χ1v) is 11.0. The first kappa shape index (κ1) is 18.5. The van der Waals surface area contributed by atoms with Gasteiger partial charge in [0.25, 0.3) is 0 Å². The van der Waals surface area contributed by atoms with Crippen molar-refractivity contribution in [3.8, 4) is 22.4 Å². The van der Waals surface area contributed by atoms with Gasteiger partial charge in [-0.15, -0.1) is 0 Å². The average molecular weight is 384 g/mol. The molecule has 0 atom stereocenters. The van der Waals surface area contributed by atoms with Crippen LogP contribution < -0.4 is 0 Å². The van der Waals surface area contributed by atoms with E-state index in [0.717, 1.165) is 29.1 Å². The highest BCUT2D eigenvalue weighted by atomic mass is 15.1. The highest BCUT2D eigenvalue weighted by Crippen LogP contribution is 2.46. The zero-order chi connectivity index (χ0) is 19.5. The second-order valence-corrected chi connectivity index (χ2v) is 8.82. The van der Waals surface area contributed by atoms with Gasteiger partial charge >= 0.3 is 0 Å². The Morgan fingerprint density at radius 3 is 2.28 bits per heavy atom. The molecule has 0 amide bonds. The lowest BCUT2D eigenvalue weighted by Gasteiger charge is -2.39. The van der Waals surface area contributed by atoms with Crippen molar-refractivity contribution in [3.63, 3.8) is 0 Å². The molecule has 3 nitrogen and oxygen atoms in total. The minimum atomic E-state index is 0.679. The standard InChI is InChI=1S/C26H29N3/c1-2-6-21(7-3-1)25-9-8-23(19-28-25)22-10-15-27-24(18-22)20-29-16-13-26(14-17-29)11-4-5-12-26/h1-3,6-10,15,18-19H,4-5,11-14,16-17,20H2. The van der Waals surface area contributed by atoms with Crippen molar-refractivity contribution < 1.29 is 0 Å². The lowest BCUT2D eigenvalue weighted by molar-refractivity contribution is 0.103. The summed E-state index contributed by atoms with van der Waals surface area (Å²) in [5.74, 6) is 0. The zero-order valence-electron chi connectivity index (χ0n) is 17.1. The molecular formula is C26H29N3. The number of pyridine rings is 2. The zero-order valence-corrected chi connectivity index (χ0v) is 17.1. The van der Waals surface area contributed by atoms with Crippen LogP contribution in [-0.4, -0.2) is 28.0 Å². The van der Waals surface area contributed by atoms with Gasteiger partial charge in [0.1, 0.15) is 0 Å². The van der Waals surface area contributed by atoms with Crippen LogP contribution in [0.3, 0.4) is 0 Å². The summed E-state index contributed by atoms with van der Waals surface area (Å²) in [6, 6.07) is 18.9. The Labute approximate surface area is 173 Å². The van der Waals surface area contributed by atoms with Gasteiger partial charge in [-0.2, -0.15) is 0 Å². The Morgan fingerprint density at radius 1 is 0.759 bits per heavy atom. The molecule has 1 saturated heterocycles. The number of likely N-dealkylation sites (tertiary alicyclic amines) is 1. The molecule has 3 aromatic rings. The van der Waals surface area contributed by atoms with Gasteiger partial charge in [-0.05, 0) is 68.0 Å². The van der Waals surface area contributed by atoms with Crippen LogP contribution in [-0.2, 0) is 6.54 Å². The molecule has 1 aliphatic carbocycles. The van der Waals surface area contributed by atoms with E-state index in [0.29, 0.717) is 5.41 Å². The Hall–Kier alpha value is -2.52. The molecule has 148 valence electrons. The van der Waals surface area contributed by atoms with E-state index in [1.165, 1.54) is 57.2 Å². The molecule has 0 N–H and O–H groups in total. The van der Waals surface area contributed by atoms with E-state index in [4.69, 9.17) is 0 Å². The highest BCUT2D eigenvalue weighted by Gasteiger charge is 2.36. The van der Waals surface area contributed by atoms with E-state index < -0.39 is 0 Å². The van der Waals surface area contributed by atoms with Gasteiger partial charge in [-0.3, -0.25) is 14.9 Å². The van der Waals surface area contributed by atoms with Crippen LogP contribution in [0.2, 0.25) is 0 Å². The summed E-state index contributed by atoms with van der Waals surface area (Å²) >= 11 is 0. The molecule has 2 fully saturated rings. The van der Waals surface area contributed by atoms with Gasteiger partial charge < -0.3 is 0 Å². The molecule has 1 saturated carbocycles. The number of piperidine rings is 1. The number of hydrogen-bond donors (Lipinski definition) is 0. The van der Waals surface area contributed by atoms with Crippen LogP contribution in [0.4, 0.5) is 0 Å². The predicted molar refractivity (Wildman–Crippen MR) is 118 cm³/mol. The Kier molecular flexibility index (Phi) is 5.15. The molecule has 1 aromatic carbocycles. The monoisotopic (exact) mass is 383 g/mol. The minimum Gasteiger partial charge on any atom is -0.297 e. The summed E-state index contributed by atoms with van der Waals surface area (Å²) in [6.45, 7) is 3.40. The van der Waals surface area contributed by atoms with Gasteiger partial charge in [0.05, 0.1) is 11.4 Å². The Balaban J connectivity index is 1.26. The van der Waals surface area contributed by atoms with Crippen molar-refractivity contribution in [1.29, 1.82) is 0 Å². The maximum absolute atomic E-state index is 4.68. The fraction of sp³-hybridized carbons (Fsp3) is 0.385. The van der Waals surface area contributed by atoms with E-state index >= 15 is 0 Å². The topological polar surface area (TPSA) is 29.0 Å². The van der Waals surface area contributed by atoms with Crippen LogP contribution >= 0.6 is 0 Å². The maximum atomic E-state index is 4.68. The van der Waals surface area contributed by atoms with Gasteiger partial charge in [0.2, 0.25) is 0 Å². The number of aromatic nitrogens is 2. The van der Waals surface area contributed by atoms with Crippen molar-refractivity contribution in [2.24, 2.45) is 5.41 Å². The summed E-state index contributed by atoms with van der Waals surface area (Å²) < 4.78 is 0. The number of benzene rings is 1. The van der Waals surface area contributed by atoms with E-state index in [2.05, 4.69) is 63.4 Å². The first-order valence-electron chi connectivity index (χ1n) is 11.0. The molecule has 1 spiro atoms. The second-order valence-electron chi connectivity index (χ2n) is 8.82. The third-order valence-electron chi connectivity index (χ3n) is 6.95. The molecule has 29 heavy (non-hydrogen) atoms.